The highest BCUT2D eigenvalue weighted by Crippen LogP contribution is 2.11. The quantitative estimate of drug-likeness (QED) is 0.770. The zero-order chi connectivity index (χ0) is 15.8. The predicted molar refractivity (Wildman–Crippen MR) is 85.6 cm³/mol. The van der Waals surface area contributed by atoms with Gasteiger partial charge in [-0.3, -0.25) is 4.79 Å². The maximum Gasteiger partial charge on any atom is 0.252 e. The van der Waals surface area contributed by atoms with Crippen molar-refractivity contribution in [3.05, 3.63) is 23.9 Å². The number of hydrogen-bond acceptors (Lipinski definition) is 4. The fourth-order valence-corrected chi connectivity index (χ4v) is 1.95. The molecule has 1 heterocycles. The van der Waals surface area contributed by atoms with E-state index in [2.05, 4.69) is 29.0 Å². The van der Waals surface area contributed by atoms with E-state index in [-0.39, 0.29) is 18.4 Å². The molecular formula is C16H27N3O2. The van der Waals surface area contributed by atoms with Crippen LogP contribution in [0.2, 0.25) is 0 Å². The highest BCUT2D eigenvalue weighted by atomic mass is 16.3. The Morgan fingerprint density at radius 3 is 2.57 bits per heavy atom. The minimum Gasteiger partial charge on any atom is -0.391 e. The maximum atomic E-state index is 12.0. The average molecular weight is 293 g/mol. The molecule has 0 aliphatic rings. The van der Waals surface area contributed by atoms with Crippen molar-refractivity contribution in [2.24, 2.45) is 5.92 Å². The summed E-state index contributed by atoms with van der Waals surface area (Å²) in [7, 11) is 0. The van der Waals surface area contributed by atoms with Crippen molar-refractivity contribution in [1.82, 2.24) is 10.3 Å². The van der Waals surface area contributed by atoms with E-state index in [1.54, 1.807) is 12.3 Å². The summed E-state index contributed by atoms with van der Waals surface area (Å²) in [6, 6.07) is 3.64. The second-order valence-corrected chi connectivity index (χ2v) is 5.51. The molecule has 0 aliphatic carbocycles. The Balaban J connectivity index is 2.62. The maximum absolute atomic E-state index is 12.0. The van der Waals surface area contributed by atoms with Gasteiger partial charge in [-0.25, -0.2) is 4.98 Å². The highest BCUT2D eigenvalue weighted by Gasteiger charge is 2.13. The Kier molecular flexibility index (Phi) is 7.15. The van der Waals surface area contributed by atoms with Crippen molar-refractivity contribution in [1.29, 1.82) is 0 Å². The molecular weight excluding hydrogens is 266 g/mol. The van der Waals surface area contributed by atoms with Crippen molar-refractivity contribution >= 4 is 11.7 Å². The first-order valence-corrected chi connectivity index (χ1v) is 7.66. The molecule has 0 spiro atoms. The molecule has 0 saturated heterocycles. The Bertz CT molecular complexity index is 432. The fraction of sp³-hybridized carbons (Fsp3) is 0.625. The Labute approximate surface area is 127 Å². The molecule has 0 aromatic carbocycles. The number of aromatic nitrogens is 1. The van der Waals surface area contributed by atoms with Crippen LogP contribution < -0.4 is 10.2 Å². The van der Waals surface area contributed by atoms with E-state index in [0.717, 1.165) is 25.3 Å². The lowest BCUT2D eigenvalue weighted by atomic mass is 10.1. The van der Waals surface area contributed by atoms with E-state index in [0.29, 0.717) is 5.56 Å². The predicted octanol–water partition coefficient (Wildman–Crippen LogP) is 2.06. The van der Waals surface area contributed by atoms with Crippen molar-refractivity contribution in [3.63, 3.8) is 0 Å². The molecule has 1 unspecified atom stereocenters. The first-order chi connectivity index (χ1) is 9.99. The fourth-order valence-electron chi connectivity index (χ4n) is 1.95. The number of anilines is 1. The van der Waals surface area contributed by atoms with Crippen LogP contribution in [0.5, 0.6) is 0 Å². The van der Waals surface area contributed by atoms with Gasteiger partial charge in [-0.15, -0.1) is 0 Å². The molecule has 0 aliphatic heterocycles. The normalized spacial score (nSPS) is 12.3. The number of aliphatic hydroxyl groups is 1. The number of rotatable bonds is 8. The minimum absolute atomic E-state index is 0.123. The Morgan fingerprint density at radius 2 is 2.10 bits per heavy atom. The molecule has 2 N–H and O–H groups in total. The number of amides is 1. The summed E-state index contributed by atoms with van der Waals surface area (Å²) in [6.07, 6.45) is 2.12. The lowest BCUT2D eigenvalue weighted by molar-refractivity contribution is 0.0871. The second kappa shape index (κ2) is 8.62. The molecule has 0 saturated carbocycles. The van der Waals surface area contributed by atoms with Gasteiger partial charge < -0.3 is 15.3 Å². The molecule has 1 aromatic heterocycles. The van der Waals surface area contributed by atoms with Crippen molar-refractivity contribution in [3.8, 4) is 0 Å². The molecule has 0 bridgehead atoms. The van der Waals surface area contributed by atoms with Crippen molar-refractivity contribution in [2.75, 3.05) is 24.5 Å². The summed E-state index contributed by atoms with van der Waals surface area (Å²) in [6.45, 7) is 10.2. The summed E-state index contributed by atoms with van der Waals surface area (Å²) in [5, 5.41) is 12.4. The zero-order valence-electron chi connectivity index (χ0n) is 13.5. The third-order valence-corrected chi connectivity index (χ3v) is 3.45. The number of nitrogens with one attached hydrogen (secondary N) is 1. The zero-order valence-corrected chi connectivity index (χ0v) is 13.5. The van der Waals surface area contributed by atoms with Crippen LogP contribution in [-0.2, 0) is 0 Å². The third kappa shape index (κ3) is 5.34. The molecule has 1 atom stereocenters. The smallest absolute Gasteiger partial charge is 0.252 e. The van der Waals surface area contributed by atoms with Crippen LogP contribution in [0.15, 0.2) is 18.3 Å². The van der Waals surface area contributed by atoms with Crippen LogP contribution in [0.25, 0.3) is 0 Å². The standard InChI is InChI=1S/C16H27N3O2/c1-5-9-19(6-2)15-8-7-13(10-17-15)16(21)18-11-14(20)12(3)4/h7-8,10,12,14,20H,5-6,9,11H2,1-4H3,(H,18,21). The third-order valence-electron chi connectivity index (χ3n) is 3.45. The summed E-state index contributed by atoms with van der Waals surface area (Å²) < 4.78 is 0. The lowest BCUT2D eigenvalue weighted by Gasteiger charge is -2.21. The van der Waals surface area contributed by atoms with Crippen molar-refractivity contribution < 1.29 is 9.90 Å². The van der Waals surface area contributed by atoms with Gasteiger partial charge in [0.05, 0.1) is 11.7 Å². The van der Waals surface area contributed by atoms with Crippen LogP contribution >= 0.6 is 0 Å². The summed E-state index contributed by atoms with van der Waals surface area (Å²) in [4.78, 5) is 18.5. The first kappa shape index (κ1) is 17.4. The molecule has 21 heavy (non-hydrogen) atoms. The molecule has 0 radical (unpaired) electrons. The highest BCUT2D eigenvalue weighted by molar-refractivity contribution is 5.94. The number of nitrogens with zero attached hydrogens (tertiary/aromatic N) is 2. The van der Waals surface area contributed by atoms with Gasteiger partial charge in [0.1, 0.15) is 5.82 Å². The monoisotopic (exact) mass is 293 g/mol. The SMILES string of the molecule is CCCN(CC)c1ccc(C(=O)NCC(O)C(C)C)cn1. The minimum atomic E-state index is -0.527. The van der Waals surface area contributed by atoms with Crippen LogP contribution in [0.3, 0.4) is 0 Å². The molecule has 118 valence electrons. The van der Waals surface area contributed by atoms with E-state index in [1.807, 2.05) is 19.9 Å². The Hall–Kier alpha value is -1.62. The average Bonchev–Trinajstić information content (AvgIpc) is 2.50. The molecule has 1 amide bonds. The summed E-state index contributed by atoms with van der Waals surface area (Å²) in [5.41, 5.74) is 0.516. The van der Waals surface area contributed by atoms with Crippen LogP contribution in [-0.4, -0.2) is 41.7 Å². The molecule has 1 aromatic rings. The van der Waals surface area contributed by atoms with E-state index in [9.17, 15) is 9.90 Å². The molecule has 0 fully saturated rings. The van der Waals surface area contributed by atoms with Crippen molar-refractivity contribution in [2.45, 2.75) is 40.2 Å². The van der Waals surface area contributed by atoms with E-state index in [1.165, 1.54) is 0 Å². The van der Waals surface area contributed by atoms with Gasteiger partial charge in [0.2, 0.25) is 0 Å². The summed E-state index contributed by atoms with van der Waals surface area (Å²) >= 11 is 0. The number of aliphatic hydroxyl groups excluding tert-OH is 1. The number of carbonyl (C=O) groups is 1. The van der Waals surface area contributed by atoms with Crippen LogP contribution in [0.4, 0.5) is 5.82 Å². The molecule has 5 nitrogen and oxygen atoms in total. The largest absolute Gasteiger partial charge is 0.391 e. The lowest BCUT2D eigenvalue weighted by Crippen LogP contribution is -2.34. The van der Waals surface area contributed by atoms with Crippen LogP contribution in [0, 0.1) is 5.92 Å². The van der Waals surface area contributed by atoms with E-state index < -0.39 is 6.10 Å². The number of hydrogen-bond donors (Lipinski definition) is 2. The van der Waals surface area contributed by atoms with Crippen LogP contribution in [0.1, 0.15) is 44.5 Å². The molecule has 1 rings (SSSR count). The van der Waals surface area contributed by atoms with Gasteiger partial charge in [0.15, 0.2) is 0 Å². The summed E-state index contributed by atoms with van der Waals surface area (Å²) in [5.74, 6) is 0.809. The van der Waals surface area contributed by atoms with Gasteiger partial charge in [0.25, 0.3) is 5.91 Å². The van der Waals surface area contributed by atoms with Gasteiger partial charge in [-0.1, -0.05) is 20.8 Å². The first-order valence-electron chi connectivity index (χ1n) is 7.66. The van der Waals surface area contributed by atoms with E-state index >= 15 is 0 Å². The van der Waals surface area contributed by atoms with Gasteiger partial charge in [-0.05, 0) is 31.4 Å². The van der Waals surface area contributed by atoms with Gasteiger partial charge >= 0.3 is 0 Å². The van der Waals surface area contributed by atoms with E-state index in [4.69, 9.17) is 0 Å². The number of carbonyl (C=O) groups excluding carboxylic acids is 1. The second-order valence-electron chi connectivity index (χ2n) is 5.51. The van der Waals surface area contributed by atoms with Gasteiger partial charge in [-0.2, -0.15) is 0 Å². The number of pyridine rings is 1. The van der Waals surface area contributed by atoms with Gasteiger partial charge in [0, 0.05) is 25.8 Å². The molecule has 5 heteroatoms. The Morgan fingerprint density at radius 1 is 1.38 bits per heavy atom. The topological polar surface area (TPSA) is 65.5 Å².